The SMILES string of the molecule is CC1OCCC1S(=O)(=O)Cc1cc(Cl)ccc1N. The molecule has 6 heteroatoms. The predicted molar refractivity (Wildman–Crippen MR) is 72.3 cm³/mol. The Labute approximate surface area is 112 Å². The van der Waals surface area contributed by atoms with Crippen molar-refractivity contribution in [3.63, 3.8) is 0 Å². The van der Waals surface area contributed by atoms with E-state index in [0.717, 1.165) is 0 Å². The molecule has 0 spiro atoms. The van der Waals surface area contributed by atoms with Gasteiger partial charge in [-0.25, -0.2) is 8.42 Å². The van der Waals surface area contributed by atoms with Crippen LogP contribution in [0.1, 0.15) is 18.9 Å². The first-order valence-corrected chi connectivity index (χ1v) is 7.86. The van der Waals surface area contributed by atoms with Crippen molar-refractivity contribution in [1.82, 2.24) is 0 Å². The third-order valence-electron chi connectivity index (χ3n) is 3.23. The van der Waals surface area contributed by atoms with E-state index in [2.05, 4.69) is 0 Å². The molecule has 1 aliphatic rings. The molecule has 1 aromatic rings. The lowest BCUT2D eigenvalue weighted by Gasteiger charge is -2.16. The molecule has 4 nitrogen and oxygen atoms in total. The lowest BCUT2D eigenvalue weighted by Crippen LogP contribution is -2.29. The summed E-state index contributed by atoms with van der Waals surface area (Å²) in [6, 6.07) is 4.88. The maximum absolute atomic E-state index is 12.3. The minimum atomic E-state index is -3.27. The largest absolute Gasteiger partial charge is 0.398 e. The standard InChI is InChI=1S/C12H16ClNO3S/c1-8-12(4-5-17-8)18(15,16)7-9-6-10(13)2-3-11(9)14/h2-3,6,8,12H,4-5,7,14H2,1H3. The molecule has 2 atom stereocenters. The number of nitrogen functional groups attached to an aromatic ring is 1. The minimum Gasteiger partial charge on any atom is -0.398 e. The summed E-state index contributed by atoms with van der Waals surface area (Å²) >= 11 is 5.86. The number of nitrogens with two attached hydrogens (primary N) is 1. The molecule has 0 aromatic heterocycles. The molecule has 2 rings (SSSR count). The van der Waals surface area contributed by atoms with Crippen molar-refractivity contribution in [2.45, 2.75) is 30.5 Å². The molecule has 1 fully saturated rings. The Morgan fingerprint density at radius 1 is 1.50 bits per heavy atom. The molecular weight excluding hydrogens is 274 g/mol. The Balaban J connectivity index is 2.25. The second kappa shape index (κ2) is 5.07. The minimum absolute atomic E-state index is 0.0856. The van der Waals surface area contributed by atoms with Gasteiger partial charge in [-0.1, -0.05) is 11.6 Å². The van der Waals surface area contributed by atoms with Crippen LogP contribution in [0.3, 0.4) is 0 Å². The van der Waals surface area contributed by atoms with Crippen LogP contribution in [-0.2, 0) is 20.3 Å². The number of benzene rings is 1. The van der Waals surface area contributed by atoms with Gasteiger partial charge in [0, 0.05) is 17.3 Å². The number of halogens is 1. The van der Waals surface area contributed by atoms with Gasteiger partial charge < -0.3 is 10.5 Å². The molecule has 1 aromatic carbocycles. The Kier molecular flexibility index (Phi) is 3.84. The van der Waals surface area contributed by atoms with Crippen molar-refractivity contribution in [2.75, 3.05) is 12.3 Å². The lowest BCUT2D eigenvalue weighted by atomic mass is 10.2. The fraction of sp³-hybridized carbons (Fsp3) is 0.500. The summed E-state index contributed by atoms with van der Waals surface area (Å²) in [5.41, 5.74) is 6.79. The molecule has 2 unspecified atom stereocenters. The summed E-state index contributed by atoms with van der Waals surface area (Å²) in [7, 11) is -3.27. The van der Waals surface area contributed by atoms with Crippen LogP contribution < -0.4 is 5.73 Å². The quantitative estimate of drug-likeness (QED) is 0.864. The third-order valence-corrected chi connectivity index (χ3v) is 5.72. The van der Waals surface area contributed by atoms with Crippen LogP contribution in [0, 0.1) is 0 Å². The van der Waals surface area contributed by atoms with Crippen LogP contribution >= 0.6 is 11.6 Å². The molecule has 0 amide bonds. The number of hydrogen-bond acceptors (Lipinski definition) is 4. The Morgan fingerprint density at radius 3 is 2.83 bits per heavy atom. The van der Waals surface area contributed by atoms with Crippen molar-refractivity contribution >= 4 is 27.1 Å². The first-order chi connectivity index (χ1) is 8.40. The van der Waals surface area contributed by atoms with Crippen LogP contribution in [0.5, 0.6) is 0 Å². The van der Waals surface area contributed by atoms with Gasteiger partial charge in [0.05, 0.1) is 17.1 Å². The lowest BCUT2D eigenvalue weighted by molar-refractivity contribution is 0.126. The highest BCUT2D eigenvalue weighted by Gasteiger charge is 2.35. The van der Waals surface area contributed by atoms with Gasteiger partial charge in [0.2, 0.25) is 0 Å². The van der Waals surface area contributed by atoms with Crippen molar-refractivity contribution < 1.29 is 13.2 Å². The normalized spacial score (nSPS) is 24.3. The van der Waals surface area contributed by atoms with E-state index in [-0.39, 0.29) is 11.9 Å². The average molecular weight is 290 g/mol. The van der Waals surface area contributed by atoms with Crippen molar-refractivity contribution in [3.05, 3.63) is 28.8 Å². The van der Waals surface area contributed by atoms with Gasteiger partial charge in [0.15, 0.2) is 9.84 Å². The van der Waals surface area contributed by atoms with Crippen LogP contribution in [0.15, 0.2) is 18.2 Å². The average Bonchev–Trinajstić information content (AvgIpc) is 2.70. The monoisotopic (exact) mass is 289 g/mol. The van der Waals surface area contributed by atoms with Crippen molar-refractivity contribution in [3.8, 4) is 0 Å². The fourth-order valence-electron chi connectivity index (χ4n) is 2.21. The van der Waals surface area contributed by atoms with Crippen molar-refractivity contribution in [2.24, 2.45) is 0 Å². The van der Waals surface area contributed by atoms with E-state index in [1.165, 1.54) is 0 Å². The summed E-state index contributed by atoms with van der Waals surface area (Å²) in [6.07, 6.45) is 0.291. The Hall–Kier alpha value is -0.780. The zero-order valence-electron chi connectivity index (χ0n) is 10.1. The van der Waals surface area contributed by atoms with E-state index in [9.17, 15) is 8.42 Å². The zero-order valence-corrected chi connectivity index (χ0v) is 11.7. The molecule has 0 radical (unpaired) electrons. The van der Waals surface area contributed by atoms with Gasteiger partial charge in [0.1, 0.15) is 0 Å². The van der Waals surface area contributed by atoms with E-state index in [4.69, 9.17) is 22.1 Å². The van der Waals surface area contributed by atoms with Crippen molar-refractivity contribution in [1.29, 1.82) is 0 Å². The van der Waals surface area contributed by atoms with Crippen LogP contribution in [0.2, 0.25) is 5.02 Å². The first-order valence-electron chi connectivity index (χ1n) is 5.77. The van der Waals surface area contributed by atoms with Crippen LogP contribution in [0.25, 0.3) is 0 Å². The van der Waals surface area contributed by atoms with Crippen LogP contribution in [0.4, 0.5) is 5.69 Å². The maximum atomic E-state index is 12.3. The summed E-state index contributed by atoms with van der Waals surface area (Å²) in [5.74, 6) is -0.0856. The summed E-state index contributed by atoms with van der Waals surface area (Å²) in [6.45, 7) is 2.28. The Morgan fingerprint density at radius 2 is 2.22 bits per heavy atom. The molecule has 1 heterocycles. The second-order valence-electron chi connectivity index (χ2n) is 4.55. The first kappa shape index (κ1) is 13.6. The number of sulfone groups is 1. The smallest absolute Gasteiger partial charge is 0.160 e. The third kappa shape index (κ3) is 2.79. The summed E-state index contributed by atoms with van der Waals surface area (Å²) in [4.78, 5) is 0. The number of rotatable bonds is 3. The van der Waals surface area contributed by atoms with E-state index < -0.39 is 15.1 Å². The highest BCUT2D eigenvalue weighted by atomic mass is 35.5. The summed E-state index contributed by atoms with van der Waals surface area (Å²) in [5, 5.41) is 0.0426. The summed E-state index contributed by atoms with van der Waals surface area (Å²) < 4.78 is 29.9. The van der Waals surface area contributed by atoms with Gasteiger partial charge >= 0.3 is 0 Å². The number of anilines is 1. The molecule has 100 valence electrons. The number of ether oxygens (including phenoxy) is 1. The number of hydrogen-bond donors (Lipinski definition) is 1. The predicted octanol–water partition coefficient (Wildman–Crippen LogP) is 2.01. The maximum Gasteiger partial charge on any atom is 0.160 e. The van der Waals surface area contributed by atoms with E-state index in [0.29, 0.717) is 29.3 Å². The highest BCUT2D eigenvalue weighted by molar-refractivity contribution is 7.91. The fourth-order valence-corrected chi connectivity index (χ4v) is 4.42. The van der Waals surface area contributed by atoms with E-state index >= 15 is 0 Å². The molecule has 0 aliphatic carbocycles. The molecule has 2 N–H and O–H groups in total. The van der Waals surface area contributed by atoms with E-state index in [1.54, 1.807) is 25.1 Å². The van der Waals surface area contributed by atoms with Gasteiger partial charge in [-0.2, -0.15) is 0 Å². The molecule has 0 saturated carbocycles. The van der Waals surface area contributed by atoms with Gasteiger partial charge in [-0.15, -0.1) is 0 Å². The van der Waals surface area contributed by atoms with Gasteiger partial charge in [0.25, 0.3) is 0 Å². The molecular formula is C12H16ClNO3S. The molecule has 1 saturated heterocycles. The van der Waals surface area contributed by atoms with Crippen LogP contribution in [-0.4, -0.2) is 26.4 Å². The highest BCUT2D eigenvalue weighted by Crippen LogP contribution is 2.27. The van der Waals surface area contributed by atoms with E-state index in [1.807, 2.05) is 0 Å². The van der Waals surface area contributed by atoms with Gasteiger partial charge in [-0.05, 0) is 37.1 Å². The molecule has 1 aliphatic heterocycles. The second-order valence-corrected chi connectivity index (χ2v) is 7.21. The molecule has 0 bridgehead atoms. The Bertz CT molecular complexity index is 544. The topological polar surface area (TPSA) is 69.4 Å². The van der Waals surface area contributed by atoms with Gasteiger partial charge in [-0.3, -0.25) is 0 Å². The molecule has 18 heavy (non-hydrogen) atoms. The zero-order chi connectivity index (χ0) is 13.3.